The van der Waals surface area contributed by atoms with Crippen LogP contribution in [-0.2, 0) is 0 Å². The van der Waals surface area contributed by atoms with Gasteiger partial charge in [0.15, 0.2) is 0 Å². The average molecular weight is 337 g/mol. The number of hydrogen-bond donors (Lipinski definition) is 1. The molecule has 0 radical (unpaired) electrons. The Hall–Kier alpha value is -3.59. The van der Waals surface area contributed by atoms with Gasteiger partial charge in [-0.3, -0.25) is 4.98 Å². The minimum absolute atomic E-state index is 0.811. The predicted molar refractivity (Wildman–Crippen MR) is 109 cm³/mol. The summed E-state index contributed by atoms with van der Waals surface area (Å²) in [5, 5.41) is 2.37. The van der Waals surface area contributed by atoms with Crippen molar-refractivity contribution in [3.8, 4) is 5.69 Å². The van der Waals surface area contributed by atoms with Crippen molar-refractivity contribution in [1.82, 2.24) is 9.55 Å². The zero-order valence-electron chi connectivity index (χ0n) is 14.3. The number of benzene rings is 3. The van der Waals surface area contributed by atoms with Crippen molar-refractivity contribution in [3.63, 3.8) is 0 Å². The highest BCUT2D eigenvalue weighted by atomic mass is 15.0. The first-order valence-corrected chi connectivity index (χ1v) is 8.54. The van der Waals surface area contributed by atoms with Crippen LogP contribution >= 0.6 is 0 Å². The SMILES string of the molecule is Nc1cccc2ccn(-c3ccccc3)c12.c1ccc2ncccc2c1. The zero-order chi connectivity index (χ0) is 17.8. The van der Waals surface area contributed by atoms with Crippen molar-refractivity contribution >= 4 is 27.5 Å². The predicted octanol–water partition coefficient (Wildman–Crippen LogP) is 5.45. The Bertz CT molecular complexity index is 1080. The Morgan fingerprint density at radius 1 is 0.654 bits per heavy atom. The van der Waals surface area contributed by atoms with Gasteiger partial charge in [0.2, 0.25) is 0 Å². The first-order valence-electron chi connectivity index (χ1n) is 8.54. The molecule has 0 saturated carbocycles. The van der Waals surface area contributed by atoms with Crippen LogP contribution in [0.3, 0.4) is 0 Å². The monoisotopic (exact) mass is 337 g/mol. The van der Waals surface area contributed by atoms with Gasteiger partial charge in [-0.25, -0.2) is 0 Å². The maximum atomic E-state index is 6.02. The van der Waals surface area contributed by atoms with Gasteiger partial charge < -0.3 is 10.3 Å². The summed E-state index contributed by atoms with van der Waals surface area (Å²) in [7, 11) is 0. The molecular formula is C23H19N3. The van der Waals surface area contributed by atoms with E-state index in [0.29, 0.717) is 0 Å². The van der Waals surface area contributed by atoms with Crippen molar-refractivity contribution in [1.29, 1.82) is 0 Å². The van der Waals surface area contributed by atoms with Gasteiger partial charge in [-0.1, -0.05) is 54.6 Å². The van der Waals surface area contributed by atoms with E-state index < -0.39 is 0 Å². The van der Waals surface area contributed by atoms with Gasteiger partial charge >= 0.3 is 0 Å². The van der Waals surface area contributed by atoms with Gasteiger partial charge in [0.1, 0.15) is 0 Å². The van der Waals surface area contributed by atoms with Crippen molar-refractivity contribution < 1.29 is 0 Å². The third-order valence-electron chi connectivity index (χ3n) is 4.29. The summed E-state index contributed by atoms with van der Waals surface area (Å²) in [5.74, 6) is 0. The smallest absolute Gasteiger partial charge is 0.0759 e. The van der Waals surface area contributed by atoms with Crippen LogP contribution in [0.15, 0.2) is 103 Å². The summed E-state index contributed by atoms with van der Waals surface area (Å²) in [6.45, 7) is 0. The number of nitrogen functional groups attached to an aromatic ring is 1. The number of hydrogen-bond acceptors (Lipinski definition) is 2. The molecule has 0 amide bonds. The zero-order valence-corrected chi connectivity index (χ0v) is 14.3. The highest BCUT2D eigenvalue weighted by molar-refractivity contribution is 5.91. The summed E-state index contributed by atoms with van der Waals surface area (Å²) in [4.78, 5) is 4.18. The second-order valence-electron chi connectivity index (χ2n) is 6.00. The molecule has 0 atom stereocenters. The summed E-state index contributed by atoms with van der Waals surface area (Å²) in [6.07, 6.45) is 3.86. The minimum atomic E-state index is 0.811. The lowest BCUT2D eigenvalue weighted by atomic mass is 10.2. The second-order valence-corrected chi connectivity index (χ2v) is 6.00. The summed E-state index contributed by atoms with van der Waals surface area (Å²) in [5.41, 5.74) is 10.1. The lowest BCUT2D eigenvalue weighted by Crippen LogP contribution is -1.95. The van der Waals surface area contributed by atoms with Crippen molar-refractivity contribution in [2.24, 2.45) is 0 Å². The van der Waals surface area contributed by atoms with E-state index in [0.717, 1.165) is 22.4 Å². The molecule has 0 unspecified atom stereocenters. The van der Waals surface area contributed by atoms with Gasteiger partial charge in [-0.15, -0.1) is 0 Å². The highest BCUT2D eigenvalue weighted by Crippen LogP contribution is 2.25. The van der Waals surface area contributed by atoms with Crippen LogP contribution in [0.1, 0.15) is 0 Å². The van der Waals surface area contributed by atoms with Crippen molar-refractivity contribution in [2.75, 3.05) is 5.73 Å². The van der Waals surface area contributed by atoms with E-state index >= 15 is 0 Å². The van der Waals surface area contributed by atoms with Gasteiger partial charge in [0.05, 0.1) is 16.7 Å². The van der Waals surface area contributed by atoms with Crippen LogP contribution in [0.25, 0.3) is 27.5 Å². The van der Waals surface area contributed by atoms with E-state index in [1.54, 1.807) is 0 Å². The summed E-state index contributed by atoms with van der Waals surface area (Å²) < 4.78 is 2.12. The molecular weight excluding hydrogens is 318 g/mol. The number of rotatable bonds is 1. The van der Waals surface area contributed by atoms with Gasteiger partial charge in [-0.2, -0.15) is 0 Å². The van der Waals surface area contributed by atoms with E-state index in [1.807, 2.05) is 60.8 Å². The molecule has 0 aliphatic heterocycles. The molecule has 0 saturated heterocycles. The number of anilines is 1. The number of nitrogens with two attached hydrogens (primary N) is 1. The van der Waals surface area contributed by atoms with Crippen LogP contribution in [0.5, 0.6) is 0 Å². The lowest BCUT2D eigenvalue weighted by Gasteiger charge is -2.06. The molecule has 0 fully saturated rings. The molecule has 3 heteroatoms. The van der Waals surface area contributed by atoms with E-state index in [4.69, 9.17) is 5.73 Å². The van der Waals surface area contributed by atoms with E-state index in [1.165, 1.54) is 10.8 Å². The number of para-hydroxylation sites is 3. The normalized spacial score (nSPS) is 10.5. The van der Waals surface area contributed by atoms with Crippen molar-refractivity contribution in [2.45, 2.75) is 0 Å². The molecule has 0 aliphatic carbocycles. The molecule has 3 nitrogen and oxygen atoms in total. The largest absolute Gasteiger partial charge is 0.397 e. The van der Waals surface area contributed by atoms with Crippen LogP contribution in [0, 0.1) is 0 Å². The van der Waals surface area contributed by atoms with E-state index in [2.05, 4.69) is 52.1 Å². The highest BCUT2D eigenvalue weighted by Gasteiger charge is 2.04. The molecule has 2 N–H and O–H groups in total. The minimum Gasteiger partial charge on any atom is -0.397 e. The summed E-state index contributed by atoms with van der Waals surface area (Å²) in [6, 6.07) is 30.4. The molecule has 26 heavy (non-hydrogen) atoms. The molecule has 2 heterocycles. The first-order chi connectivity index (χ1) is 12.8. The first kappa shape index (κ1) is 15.9. The molecule has 5 aromatic rings. The Balaban J connectivity index is 0.000000144. The van der Waals surface area contributed by atoms with Crippen LogP contribution in [0.2, 0.25) is 0 Å². The van der Waals surface area contributed by atoms with Gasteiger partial charge in [-0.05, 0) is 36.4 Å². The molecule has 126 valence electrons. The van der Waals surface area contributed by atoms with Gasteiger partial charge in [0.25, 0.3) is 0 Å². The Morgan fingerprint density at radius 2 is 1.38 bits per heavy atom. The molecule has 0 bridgehead atoms. The maximum Gasteiger partial charge on any atom is 0.0759 e. The Morgan fingerprint density at radius 3 is 2.23 bits per heavy atom. The van der Waals surface area contributed by atoms with Gasteiger partial charge in [0, 0.05) is 28.9 Å². The van der Waals surface area contributed by atoms with Crippen LogP contribution < -0.4 is 5.73 Å². The third-order valence-corrected chi connectivity index (χ3v) is 4.29. The maximum absolute atomic E-state index is 6.02. The molecule has 0 aliphatic rings. The Labute approximate surface area is 152 Å². The van der Waals surface area contributed by atoms with Crippen molar-refractivity contribution in [3.05, 3.63) is 103 Å². The number of aromatic nitrogens is 2. The average Bonchev–Trinajstić information content (AvgIpc) is 3.15. The molecule has 3 aromatic carbocycles. The second kappa shape index (κ2) is 7.11. The fourth-order valence-corrected chi connectivity index (χ4v) is 3.04. The van der Waals surface area contributed by atoms with Crippen LogP contribution in [-0.4, -0.2) is 9.55 Å². The molecule has 0 spiro atoms. The standard InChI is InChI=1S/C14H12N2.C9H7N/c15-13-8-4-5-11-9-10-16(14(11)13)12-6-2-1-3-7-12;1-2-6-9-8(4-1)5-3-7-10-9/h1-10H,15H2;1-7H. The van der Waals surface area contributed by atoms with Crippen LogP contribution in [0.4, 0.5) is 5.69 Å². The van der Waals surface area contributed by atoms with E-state index in [9.17, 15) is 0 Å². The lowest BCUT2D eigenvalue weighted by molar-refractivity contribution is 1.13. The number of pyridine rings is 1. The fraction of sp³-hybridized carbons (Fsp3) is 0. The number of nitrogens with zero attached hydrogens (tertiary/aromatic N) is 2. The molecule has 2 aromatic heterocycles. The topological polar surface area (TPSA) is 43.8 Å². The Kier molecular flexibility index (Phi) is 4.35. The molecule has 5 rings (SSSR count). The quantitative estimate of drug-likeness (QED) is 0.413. The van der Waals surface area contributed by atoms with E-state index in [-0.39, 0.29) is 0 Å². The fourth-order valence-electron chi connectivity index (χ4n) is 3.04. The third kappa shape index (κ3) is 3.15. The summed E-state index contributed by atoms with van der Waals surface area (Å²) >= 11 is 0. The number of fused-ring (bicyclic) bond motifs is 2.